The van der Waals surface area contributed by atoms with E-state index in [1.807, 2.05) is 39.0 Å². The molecule has 0 saturated carbocycles. The molecule has 104 valence electrons. The van der Waals surface area contributed by atoms with Gasteiger partial charge in [0.25, 0.3) is 0 Å². The van der Waals surface area contributed by atoms with E-state index in [0.29, 0.717) is 5.56 Å². The fraction of sp³-hybridized carbons (Fsp3) is 0.278. The van der Waals surface area contributed by atoms with Crippen LogP contribution in [0.5, 0.6) is 0 Å². The standard InChI is InChI=1S/C18H19FO/c1-11-5-12(2)8-15(7-11)10-17(20)18-14(4)6-13(3)9-16(18)19/h5-9H,10H2,1-4H3. The molecular weight excluding hydrogens is 251 g/mol. The Labute approximate surface area is 119 Å². The first-order valence-corrected chi connectivity index (χ1v) is 6.74. The van der Waals surface area contributed by atoms with E-state index in [-0.39, 0.29) is 17.8 Å². The van der Waals surface area contributed by atoms with Crippen LogP contribution in [0, 0.1) is 33.5 Å². The summed E-state index contributed by atoms with van der Waals surface area (Å²) in [5.74, 6) is -0.582. The van der Waals surface area contributed by atoms with Gasteiger partial charge in [-0.2, -0.15) is 0 Å². The first-order valence-electron chi connectivity index (χ1n) is 6.74. The van der Waals surface area contributed by atoms with Crippen LogP contribution in [-0.4, -0.2) is 5.78 Å². The van der Waals surface area contributed by atoms with Crippen LogP contribution in [-0.2, 0) is 6.42 Å². The van der Waals surface area contributed by atoms with Crippen molar-refractivity contribution in [3.05, 3.63) is 69.5 Å². The molecule has 0 aromatic heterocycles. The van der Waals surface area contributed by atoms with Crippen LogP contribution in [0.4, 0.5) is 4.39 Å². The summed E-state index contributed by atoms with van der Waals surface area (Å²) in [5, 5.41) is 0. The Morgan fingerprint density at radius 1 is 0.900 bits per heavy atom. The lowest BCUT2D eigenvalue weighted by Crippen LogP contribution is -2.09. The Morgan fingerprint density at radius 2 is 1.45 bits per heavy atom. The second-order valence-corrected chi connectivity index (χ2v) is 5.53. The first-order chi connectivity index (χ1) is 9.36. The third-order valence-electron chi connectivity index (χ3n) is 3.36. The first kappa shape index (κ1) is 14.4. The fourth-order valence-electron chi connectivity index (χ4n) is 2.71. The van der Waals surface area contributed by atoms with Crippen molar-refractivity contribution in [3.8, 4) is 0 Å². The molecule has 20 heavy (non-hydrogen) atoms. The number of aryl methyl sites for hydroxylation is 4. The molecule has 0 spiro atoms. The number of hydrogen-bond acceptors (Lipinski definition) is 1. The van der Waals surface area contributed by atoms with Crippen LogP contribution < -0.4 is 0 Å². The summed E-state index contributed by atoms with van der Waals surface area (Å²) in [6.45, 7) is 7.61. The number of carbonyl (C=O) groups is 1. The minimum Gasteiger partial charge on any atom is -0.294 e. The highest BCUT2D eigenvalue weighted by Crippen LogP contribution is 2.19. The van der Waals surface area contributed by atoms with Gasteiger partial charge in [-0.15, -0.1) is 0 Å². The predicted octanol–water partition coefficient (Wildman–Crippen LogP) is 4.48. The molecule has 2 aromatic rings. The third kappa shape index (κ3) is 3.13. The zero-order chi connectivity index (χ0) is 14.9. The van der Waals surface area contributed by atoms with Gasteiger partial charge in [-0.05, 0) is 50.5 Å². The van der Waals surface area contributed by atoms with Crippen molar-refractivity contribution in [1.29, 1.82) is 0 Å². The number of ketones is 1. The van der Waals surface area contributed by atoms with Crippen LogP contribution >= 0.6 is 0 Å². The summed E-state index contributed by atoms with van der Waals surface area (Å²) < 4.78 is 14.0. The van der Waals surface area contributed by atoms with E-state index < -0.39 is 5.82 Å². The molecule has 0 aliphatic rings. The van der Waals surface area contributed by atoms with Crippen molar-refractivity contribution >= 4 is 5.78 Å². The Kier molecular flexibility index (Phi) is 4.03. The molecule has 2 aromatic carbocycles. The summed E-state index contributed by atoms with van der Waals surface area (Å²) in [5.41, 5.74) is 4.93. The van der Waals surface area contributed by atoms with Crippen LogP contribution in [0.2, 0.25) is 0 Å². The maximum absolute atomic E-state index is 14.0. The monoisotopic (exact) mass is 270 g/mol. The van der Waals surface area contributed by atoms with Gasteiger partial charge >= 0.3 is 0 Å². The van der Waals surface area contributed by atoms with E-state index in [9.17, 15) is 9.18 Å². The molecule has 0 atom stereocenters. The highest BCUT2D eigenvalue weighted by molar-refractivity contribution is 5.99. The van der Waals surface area contributed by atoms with Crippen LogP contribution in [0.3, 0.4) is 0 Å². The maximum Gasteiger partial charge on any atom is 0.170 e. The Balaban J connectivity index is 2.33. The molecule has 0 unspecified atom stereocenters. The molecule has 0 saturated heterocycles. The number of benzene rings is 2. The minimum atomic E-state index is -0.420. The van der Waals surface area contributed by atoms with Gasteiger partial charge in [-0.25, -0.2) is 4.39 Å². The van der Waals surface area contributed by atoms with Crippen molar-refractivity contribution in [2.24, 2.45) is 0 Å². The number of carbonyl (C=O) groups excluding carboxylic acids is 1. The van der Waals surface area contributed by atoms with Crippen molar-refractivity contribution < 1.29 is 9.18 Å². The van der Waals surface area contributed by atoms with Crippen molar-refractivity contribution in [2.75, 3.05) is 0 Å². The van der Waals surface area contributed by atoms with E-state index in [4.69, 9.17) is 0 Å². The normalized spacial score (nSPS) is 10.7. The van der Waals surface area contributed by atoms with Gasteiger partial charge in [0.05, 0.1) is 5.56 Å². The summed E-state index contributed by atoms with van der Waals surface area (Å²) in [6.07, 6.45) is 0.239. The highest BCUT2D eigenvalue weighted by Gasteiger charge is 2.16. The van der Waals surface area contributed by atoms with E-state index in [1.165, 1.54) is 6.07 Å². The molecule has 0 amide bonds. The maximum atomic E-state index is 14.0. The topological polar surface area (TPSA) is 17.1 Å². The SMILES string of the molecule is Cc1cc(C)cc(CC(=O)c2c(C)cc(C)cc2F)c1. The molecule has 0 bridgehead atoms. The molecule has 0 heterocycles. The number of halogens is 1. The van der Waals surface area contributed by atoms with Crippen molar-refractivity contribution in [2.45, 2.75) is 34.1 Å². The lowest BCUT2D eigenvalue weighted by Gasteiger charge is -2.09. The van der Waals surface area contributed by atoms with E-state index in [2.05, 4.69) is 6.07 Å². The summed E-state index contributed by atoms with van der Waals surface area (Å²) in [4.78, 5) is 12.3. The average molecular weight is 270 g/mol. The summed E-state index contributed by atoms with van der Waals surface area (Å²) >= 11 is 0. The van der Waals surface area contributed by atoms with Gasteiger partial charge in [0.1, 0.15) is 5.82 Å². The van der Waals surface area contributed by atoms with Gasteiger partial charge in [-0.3, -0.25) is 4.79 Å². The molecule has 0 aliphatic heterocycles. The van der Waals surface area contributed by atoms with E-state index >= 15 is 0 Å². The van der Waals surface area contributed by atoms with Crippen LogP contribution in [0.15, 0.2) is 30.3 Å². The quantitative estimate of drug-likeness (QED) is 0.751. The molecule has 2 heteroatoms. The molecule has 0 fully saturated rings. The van der Waals surface area contributed by atoms with Crippen molar-refractivity contribution in [1.82, 2.24) is 0 Å². The number of hydrogen-bond donors (Lipinski definition) is 0. The number of rotatable bonds is 3. The second kappa shape index (κ2) is 5.58. The lowest BCUT2D eigenvalue weighted by molar-refractivity contribution is 0.0988. The highest BCUT2D eigenvalue weighted by atomic mass is 19.1. The Bertz CT molecular complexity index is 628. The zero-order valence-electron chi connectivity index (χ0n) is 12.4. The van der Waals surface area contributed by atoms with Gasteiger partial charge in [0, 0.05) is 6.42 Å². The molecular formula is C18H19FO. The zero-order valence-corrected chi connectivity index (χ0v) is 12.4. The lowest BCUT2D eigenvalue weighted by atomic mass is 9.96. The van der Waals surface area contributed by atoms with E-state index in [1.54, 1.807) is 6.92 Å². The second-order valence-electron chi connectivity index (χ2n) is 5.53. The Morgan fingerprint density at radius 3 is 2.00 bits per heavy atom. The third-order valence-corrected chi connectivity index (χ3v) is 3.36. The van der Waals surface area contributed by atoms with Gasteiger partial charge in [0.2, 0.25) is 0 Å². The summed E-state index contributed by atoms with van der Waals surface area (Å²) in [7, 11) is 0. The largest absolute Gasteiger partial charge is 0.294 e. The molecule has 0 N–H and O–H groups in total. The number of Topliss-reactive ketones (excluding diaryl/α,β-unsaturated/α-hetero) is 1. The smallest absolute Gasteiger partial charge is 0.170 e. The van der Waals surface area contributed by atoms with E-state index in [0.717, 1.165) is 22.3 Å². The van der Waals surface area contributed by atoms with Gasteiger partial charge in [0.15, 0.2) is 5.78 Å². The predicted molar refractivity (Wildman–Crippen MR) is 79.8 cm³/mol. The molecule has 0 aliphatic carbocycles. The summed E-state index contributed by atoms with van der Waals surface area (Å²) in [6, 6.07) is 9.28. The van der Waals surface area contributed by atoms with Crippen LogP contribution in [0.25, 0.3) is 0 Å². The average Bonchev–Trinajstić information content (AvgIpc) is 2.25. The fourth-order valence-corrected chi connectivity index (χ4v) is 2.71. The minimum absolute atomic E-state index is 0.162. The van der Waals surface area contributed by atoms with Gasteiger partial charge < -0.3 is 0 Å². The molecule has 0 radical (unpaired) electrons. The molecule has 2 rings (SSSR count). The van der Waals surface area contributed by atoms with Crippen molar-refractivity contribution in [3.63, 3.8) is 0 Å². The van der Waals surface area contributed by atoms with Gasteiger partial charge in [-0.1, -0.05) is 35.4 Å². The molecule has 1 nitrogen and oxygen atoms in total. The Hall–Kier alpha value is -1.96. The van der Waals surface area contributed by atoms with Crippen LogP contribution in [0.1, 0.15) is 38.2 Å².